The Hall–Kier alpha value is 0.190. The summed E-state index contributed by atoms with van der Waals surface area (Å²) in [7, 11) is 0. The number of hydrogen-bond acceptors (Lipinski definition) is 4. The van der Waals surface area contributed by atoms with Gasteiger partial charge < -0.3 is 14.2 Å². The van der Waals surface area contributed by atoms with E-state index in [2.05, 4.69) is 0 Å². The van der Waals surface area contributed by atoms with Crippen molar-refractivity contribution < 1.29 is 19.0 Å². The molecule has 0 radical (unpaired) electrons. The van der Waals surface area contributed by atoms with Crippen molar-refractivity contribution in [1.29, 1.82) is 0 Å². The lowest BCUT2D eigenvalue weighted by Crippen LogP contribution is -2.42. The predicted octanol–water partition coefficient (Wildman–Crippen LogP) is 6.16. The maximum Gasteiger partial charge on any atom is 0.338 e. The molecule has 2 atom stereocenters. The molecule has 140 valence electrons. The second-order valence-electron chi connectivity index (χ2n) is 5.29. The molecule has 0 N–H and O–H groups in total. The average Bonchev–Trinajstić information content (AvgIpc) is 2.51. The monoisotopic (exact) mass is 468 g/mol. The average molecular weight is 471 g/mol. The van der Waals surface area contributed by atoms with Crippen LogP contribution in [-0.2, 0) is 9.47 Å². The van der Waals surface area contributed by atoms with Crippen molar-refractivity contribution in [2.24, 2.45) is 0 Å². The van der Waals surface area contributed by atoms with Gasteiger partial charge in [0.1, 0.15) is 11.9 Å². The number of alkyl halides is 6. The van der Waals surface area contributed by atoms with Crippen LogP contribution in [0.5, 0.6) is 5.75 Å². The molecule has 0 aromatic heterocycles. The molecule has 0 spiro atoms. The second kappa shape index (κ2) is 8.47. The Morgan fingerprint density at radius 3 is 2.40 bits per heavy atom. The van der Waals surface area contributed by atoms with Crippen molar-refractivity contribution in [3.05, 3.63) is 29.3 Å². The third-order valence-electron chi connectivity index (χ3n) is 3.32. The zero-order valence-corrected chi connectivity index (χ0v) is 17.4. The fourth-order valence-corrected chi connectivity index (χ4v) is 2.91. The number of rotatable bonds is 4. The highest BCUT2D eigenvalue weighted by atomic mass is 35.6. The first-order valence-electron chi connectivity index (χ1n) is 7.30. The zero-order chi connectivity index (χ0) is 18.8. The van der Waals surface area contributed by atoms with Crippen LogP contribution in [0, 0.1) is 0 Å². The van der Waals surface area contributed by atoms with Gasteiger partial charge in [-0.1, -0.05) is 83.0 Å². The fourth-order valence-electron chi connectivity index (χ4n) is 2.12. The molecule has 0 amide bonds. The Bertz CT molecular complexity index is 625. The molecule has 1 aliphatic rings. The van der Waals surface area contributed by atoms with E-state index in [4.69, 9.17) is 83.8 Å². The maximum absolute atomic E-state index is 12.1. The van der Waals surface area contributed by atoms with E-state index < -0.39 is 25.9 Å². The summed E-state index contributed by atoms with van der Waals surface area (Å²) in [4.78, 5) is 12.1. The van der Waals surface area contributed by atoms with E-state index in [9.17, 15) is 4.79 Å². The molecule has 0 fully saturated rings. The molecule has 1 aromatic rings. The third-order valence-corrected chi connectivity index (χ3v) is 4.45. The van der Waals surface area contributed by atoms with E-state index in [0.29, 0.717) is 12.2 Å². The Labute approximate surface area is 175 Å². The Balaban J connectivity index is 2.33. The van der Waals surface area contributed by atoms with Crippen molar-refractivity contribution in [2.75, 3.05) is 6.61 Å². The first kappa shape index (κ1) is 21.5. The maximum atomic E-state index is 12.1. The molecule has 1 aliphatic heterocycles. The molecular formula is C15H14Cl6O4. The van der Waals surface area contributed by atoms with Crippen LogP contribution < -0.4 is 4.74 Å². The number of halogens is 6. The summed E-state index contributed by atoms with van der Waals surface area (Å²) in [6, 6.07) is 4.51. The van der Waals surface area contributed by atoms with Crippen molar-refractivity contribution in [3.8, 4) is 5.75 Å². The van der Waals surface area contributed by atoms with Crippen molar-refractivity contribution in [2.45, 2.75) is 39.7 Å². The predicted molar refractivity (Wildman–Crippen MR) is 100 cm³/mol. The molecule has 2 unspecified atom stereocenters. The lowest BCUT2D eigenvalue weighted by molar-refractivity contribution is -0.136. The topological polar surface area (TPSA) is 44.8 Å². The standard InChI is InChI=1S/C15H14Cl6O4/c1-2-3-6-23-12(22)8-4-5-10-9(7-8)11(14(16,17)18)25-13(24-10)15(19,20)21/h4-5,7,11,13H,2-3,6H2,1H3. The van der Waals surface area contributed by atoms with Crippen LogP contribution >= 0.6 is 69.6 Å². The number of esters is 1. The normalized spacial score (nSPS) is 20.6. The SMILES string of the molecule is CCCCOC(=O)c1ccc2c(c1)C(C(Cl)(Cl)Cl)OC(C(Cl)(Cl)Cl)O2. The number of carbonyl (C=O) groups is 1. The minimum atomic E-state index is -1.90. The van der Waals surface area contributed by atoms with Gasteiger partial charge in [0.05, 0.1) is 12.2 Å². The number of ether oxygens (including phenoxy) is 3. The summed E-state index contributed by atoms with van der Waals surface area (Å²) in [6.45, 7) is 2.32. The van der Waals surface area contributed by atoms with E-state index >= 15 is 0 Å². The highest BCUT2D eigenvalue weighted by molar-refractivity contribution is 6.68. The molecule has 10 heteroatoms. The smallest absolute Gasteiger partial charge is 0.338 e. The summed E-state index contributed by atoms with van der Waals surface area (Å²) >= 11 is 35.5. The van der Waals surface area contributed by atoms with Crippen molar-refractivity contribution >= 4 is 75.6 Å². The van der Waals surface area contributed by atoms with Crippen LogP contribution in [0.25, 0.3) is 0 Å². The first-order chi connectivity index (χ1) is 11.5. The molecule has 1 aromatic carbocycles. The third kappa shape index (κ3) is 5.58. The molecule has 25 heavy (non-hydrogen) atoms. The van der Waals surface area contributed by atoms with Crippen molar-refractivity contribution in [1.82, 2.24) is 0 Å². The van der Waals surface area contributed by atoms with Crippen LogP contribution in [-0.4, -0.2) is 26.5 Å². The van der Waals surface area contributed by atoms with Gasteiger partial charge in [-0.15, -0.1) is 0 Å². The number of unbranched alkanes of at least 4 members (excludes halogenated alkanes) is 1. The molecular weight excluding hydrogens is 457 g/mol. The lowest BCUT2D eigenvalue weighted by atomic mass is 10.0. The largest absolute Gasteiger partial charge is 0.462 e. The highest BCUT2D eigenvalue weighted by Gasteiger charge is 2.48. The molecule has 0 saturated heterocycles. The van der Waals surface area contributed by atoms with Gasteiger partial charge in [0.2, 0.25) is 10.1 Å². The zero-order valence-electron chi connectivity index (χ0n) is 12.9. The number of hydrogen-bond donors (Lipinski definition) is 0. The Morgan fingerprint density at radius 2 is 1.84 bits per heavy atom. The van der Waals surface area contributed by atoms with E-state index in [1.165, 1.54) is 18.2 Å². The number of fused-ring (bicyclic) bond motifs is 1. The van der Waals surface area contributed by atoms with E-state index in [1.807, 2.05) is 6.92 Å². The summed E-state index contributed by atoms with van der Waals surface area (Å²) in [5, 5.41) is 0. The van der Waals surface area contributed by atoms with Gasteiger partial charge in [0, 0.05) is 5.56 Å². The van der Waals surface area contributed by atoms with E-state index in [1.54, 1.807) is 0 Å². The van der Waals surface area contributed by atoms with E-state index in [0.717, 1.165) is 12.8 Å². The quantitative estimate of drug-likeness (QED) is 0.300. The summed E-state index contributed by atoms with van der Waals surface area (Å²) in [6.07, 6.45) is -0.712. The number of benzene rings is 1. The molecule has 0 saturated carbocycles. The van der Waals surface area contributed by atoms with Gasteiger partial charge in [-0.05, 0) is 24.6 Å². The van der Waals surface area contributed by atoms with Crippen LogP contribution in [0.4, 0.5) is 0 Å². The summed E-state index contributed by atoms with van der Waals surface area (Å²) < 4.78 is 12.4. The fraction of sp³-hybridized carbons (Fsp3) is 0.533. The summed E-state index contributed by atoms with van der Waals surface area (Å²) in [5.41, 5.74) is 0.615. The second-order valence-corrected chi connectivity index (χ2v) is 10.0. The summed E-state index contributed by atoms with van der Waals surface area (Å²) in [5.74, 6) is -0.216. The molecule has 2 rings (SSSR count). The lowest BCUT2D eigenvalue weighted by Gasteiger charge is -2.38. The van der Waals surface area contributed by atoms with E-state index in [-0.39, 0.29) is 11.3 Å². The van der Waals surface area contributed by atoms with Gasteiger partial charge in [-0.2, -0.15) is 0 Å². The van der Waals surface area contributed by atoms with Crippen molar-refractivity contribution in [3.63, 3.8) is 0 Å². The Morgan fingerprint density at radius 1 is 1.16 bits per heavy atom. The van der Waals surface area contributed by atoms with Gasteiger partial charge >= 0.3 is 5.97 Å². The van der Waals surface area contributed by atoms with Gasteiger partial charge in [0.25, 0.3) is 3.79 Å². The molecule has 0 bridgehead atoms. The van der Waals surface area contributed by atoms with Gasteiger partial charge in [-0.3, -0.25) is 0 Å². The first-order valence-corrected chi connectivity index (χ1v) is 9.57. The number of carbonyl (C=O) groups excluding carboxylic acids is 1. The highest BCUT2D eigenvalue weighted by Crippen LogP contribution is 2.51. The van der Waals surface area contributed by atoms with Crippen LogP contribution in [0.3, 0.4) is 0 Å². The van der Waals surface area contributed by atoms with Crippen LogP contribution in [0.1, 0.15) is 41.8 Å². The molecule has 4 nitrogen and oxygen atoms in total. The van der Waals surface area contributed by atoms with Gasteiger partial charge in [-0.25, -0.2) is 4.79 Å². The molecule has 1 heterocycles. The Kier molecular flexibility index (Phi) is 7.28. The van der Waals surface area contributed by atoms with Crippen LogP contribution in [0.2, 0.25) is 0 Å². The van der Waals surface area contributed by atoms with Gasteiger partial charge in [0.15, 0.2) is 0 Å². The van der Waals surface area contributed by atoms with Crippen LogP contribution in [0.15, 0.2) is 18.2 Å². The minimum absolute atomic E-state index is 0.272. The minimum Gasteiger partial charge on any atom is -0.462 e. The molecule has 0 aliphatic carbocycles.